The molecule has 38 heavy (non-hydrogen) atoms. The van der Waals surface area contributed by atoms with Crippen LogP contribution in [0, 0.1) is 0 Å². The predicted octanol–water partition coefficient (Wildman–Crippen LogP) is 6.42. The van der Waals surface area contributed by atoms with Crippen molar-refractivity contribution in [3.05, 3.63) is 89.0 Å². The molecule has 0 spiro atoms. The standard InChI is InChI=1S/C29H28F3NO4S/c30-29(31,32)21-6-9-25(24(16-21)20-10-13-33(14-11-20)28(34)35)37-26-12-15-36-27-17-22(7-8-23(26)27)38-18-19-4-2-1-3-5-19/h1-9,16-17,20,26H,10-15,18H2,(H,34,35)/p-1. The van der Waals surface area contributed by atoms with Gasteiger partial charge >= 0.3 is 6.18 Å². The van der Waals surface area contributed by atoms with Crippen LogP contribution >= 0.6 is 11.8 Å². The maximum Gasteiger partial charge on any atom is 0.416 e. The molecule has 5 rings (SSSR count). The molecular weight excluding hydrogens is 515 g/mol. The Bertz CT molecular complexity index is 1280. The minimum absolute atomic E-state index is 0.214. The number of carbonyl (C=O) groups excluding carboxylic acids is 1. The molecule has 0 bridgehead atoms. The molecule has 0 aliphatic carbocycles. The van der Waals surface area contributed by atoms with E-state index in [1.807, 2.05) is 36.4 Å². The van der Waals surface area contributed by atoms with E-state index in [1.165, 1.54) is 16.5 Å². The Kier molecular flexibility index (Phi) is 7.74. The van der Waals surface area contributed by atoms with Crippen LogP contribution < -0.4 is 14.6 Å². The Labute approximate surface area is 223 Å². The number of hydrogen-bond donors (Lipinski definition) is 0. The second-order valence-corrected chi connectivity index (χ2v) is 10.5. The summed E-state index contributed by atoms with van der Waals surface area (Å²) in [5, 5.41) is 11.2. The number of fused-ring (bicyclic) bond motifs is 1. The number of nitrogens with zero attached hydrogens (tertiary/aromatic N) is 1. The van der Waals surface area contributed by atoms with E-state index in [-0.39, 0.29) is 25.1 Å². The van der Waals surface area contributed by atoms with E-state index in [4.69, 9.17) is 9.47 Å². The molecule has 1 fully saturated rings. The summed E-state index contributed by atoms with van der Waals surface area (Å²) in [7, 11) is 0. The molecule has 3 aromatic carbocycles. The number of piperidine rings is 1. The van der Waals surface area contributed by atoms with Gasteiger partial charge in [-0.1, -0.05) is 36.4 Å². The largest absolute Gasteiger partial charge is 0.530 e. The van der Waals surface area contributed by atoms with Crippen LogP contribution in [0.25, 0.3) is 0 Å². The maximum absolute atomic E-state index is 13.5. The third-order valence-electron chi connectivity index (χ3n) is 7.02. The van der Waals surface area contributed by atoms with Gasteiger partial charge in [0.25, 0.3) is 0 Å². The van der Waals surface area contributed by atoms with Gasteiger partial charge in [0.05, 0.1) is 12.2 Å². The third-order valence-corrected chi connectivity index (χ3v) is 8.08. The normalized spacial score (nSPS) is 18.0. The lowest BCUT2D eigenvalue weighted by Gasteiger charge is -2.35. The molecule has 1 amide bonds. The highest BCUT2D eigenvalue weighted by Crippen LogP contribution is 2.43. The molecule has 1 unspecified atom stereocenters. The van der Waals surface area contributed by atoms with Crippen LogP contribution in [0.2, 0.25) is 0 Å². The summed E-state index contributed by atoms with van der Waals surface area (Å²) in [6, 6.07) is 19.7. The minimum Gasteiger partial charge on any atom is -0.530 e. The van der Waals surface area contributed by atoms with Crippen molar-refractivity contribution < 1.29 is 32.5 Å². The number of likely N-dealkylation sites (tertiary alicyclic amines) is 1. The van der Waals surface area contributed by atoms with Gasteiger partial charge in [-0.3, -0.25) is 0 Å². The van der Waals surface area contributed by atoms with E-state index < -0.39 is 17.8 Å². The lowest BCUT2D eigenvalue weighted by atomic mass is 9.87. The molecular formula is C29H27F3NO4S-. The Morgan fingerprint density at radius 3 is 2.47 bits per heavy atom. The van der Waals surface area contributed by atoms with Crippen molar-refractivity contribution >= 4 is 17.9 Å². The Hall–Kier alpha value is -3.33. The summed E-state index contributed by atoms with van der Waals surface area (Å²) in [5.74, 6) is 1.69. The predicted molar refractivity (Wildman–Crippen MR) is 136 cm³/mol. The first-order valence-electron chi connectivity index (χ1n) is 12.5. The van der Waals surface area contributed by atoms with E-state index in [0.717, 1.165) is 34.1 Å². The second kappa shape index (κ2) is 11.2. The van der Waals surface area contributed by atoms with Crippen molar-refractivity contribution in [2.45, 2.75) is 48.1 Å². The average Bonchev–Trinajstić information content (AvgIpc) is 2.92. The summed E-state index contributed by atoms with van der Waals surface area (Å²) < 4.78 is 52.9. The van der Waals surface area contributed by atoms with Crippen molar-refractivity contribution in [1.29, 1.82) is 0 Å². The summed E-state index contributed by atoms with van der Waals surface area (Å²) in [6.45, 7) is 0.864. The van der Waals surface area contributed by atoms with E-state index in [9.17, 15) is 23.1 Å². The van der Waals surface area contributed by atoms with Crippen LogP contribution in [-0.4, -0.2) is 30.7 Å². The molecule has 3 aromatic rings. The summed E-state index contributed by atoms with van der Waals surface area (Å²) in [6.07, 6.45) is -4.75. The molecule has 2 aliphatic rings. The quantitative estimate of drug-likeness (QED) is 0.336. The molecule has 9 heteroatoms. The Morgan fingerprint density at radius 1 is 1.00 bits per heavy atom. The van der Waals surface area contributed by atoms with Crippen LogP contribution in [0.15, 0.2) is 71.6 Å². The second-order valence-electron chi connectivity index (χ2n) is 9.50. The zero-order valence-electron chi connectivity index (χ0n) is 20.6. The van der Waals surface area contributed by atoms with Crippen molar-refractivity contribution in [3.63, 3.8) is 0 Å². The van der Waals surface area contributed by atoms with E-state index in [2.05, 4.69) is 12.1 Å². The number of rotatable bonds is 6. The van der Waals surface area contributed by atoms with Gasteiger partial charge in [0.2, 0.25) is 0 Å². The molecule has 0 N–H and O–H groups in total. The zero-order chi connectivity index (χ0) is 26.7. The first kappa shape index (κ1) is 26.3. The van der Waals surface area contributed by atoms with Crippen LogP contribution in [0.3, 0.4) is 0 Å². The van der Waals surface area contributed by atoms with Gasteiger partial charge < -0.3 is 24.3 Å². The first-order chi connectivity index (χ1) is 18.3. The molecule has 200 valence electrons. The molecule has 2 heterocycles. The molecule has 1 saturated heterocycles. The van der Waals surface area contributed by atoms with Gasteiger partial charge in [-0.15, -0.1) is 11.8 Å². The summed E-state index contributed by atoms with van der Waals surface area (Å²) >= 11 is 1.70. The fourth-order valence-electron chi connectivity index (χ4n) is 4.97. The first-order valence-corrected chi connectivity index (χ1v) is 13.5. The van der Waals surface area contributed by atoms with Crippen LogP contribution in [0.5, 0.6) is 11.5 Å². The average molecular weight is 543 g/mol. The van der Waals surface area contributed by atoms with Gasteiger partial charge in [-0.05, 0) is 60.2 Å². The highest BCUT2D eigenvalue weighted by Gasteiger charge is 2.34. The summed E-state index contributed by atoms with van der Waals surface area (Å²) in [5.41, 5.74) is 1.80. The summed E-state index contributed by atoms with van der Waals surface area (Å²) in [4.78, 5) is 13.4. The number of carboxylic acid groups (broad SMARTS) is 1. The van der Waals surface area contributed by atoms with Crippen molar-refractivity contribution in [3.8, 4) is 11.5 Å². The number of thioether (sulfide) groups is 1. The smallest absolute Gasteiger partial charge is 0.416 e. The SMILES string of the molecule is O=C([O-])N1CCC(c2cc(C(F)(F)F)ccc2OC2CCOc3cc(SCc4ccccc4)ccc32)CC1. The third kappa shape index (κ3) is 6.04. The minimum atomic E-state index is -4.49. The lowest BCUT2D eigenvalue weighted by molar-refractivity contribution is -0.266. The van der Waals surface area contributed by atoms with Gasteiger partial charge in [-0.25, -0.2) is 0 Å². The Balaban J connectivity index is 1.36. The van der Waals surface area contributed by atoms with Gasteiger partial charge in [0.15, 0.2) is 0 Å². The molecule has 0 aromatic heterocycles. The van der Waals surface area contributed by atoms with E-state index in [0.29, 0.717) is 37.2 Å². The lowest BCUT2D eigenvalue weighted by Crippen LogP contribution is -2.45. The topological polar surface area (TPSA) is 61.8 Å². The number of ether oxygens (including phenoxy) is 2. The monoisotopic (exact) mass is 542 g/mol. The van der Waals surface area contributed by atoms with Crippen LogP contribution in [0.4, 0.5) is 18.0 Å². The maximum atomic E-state index is 13.5. The molecule has 0 radical (unpaired) electrons. The highest BCUT2D eigenvalue weighted by molar-refractivity contribution is 7.98. The van der Waals surface area contributed by atoms with Crippen molar-refractivity contribution in [2.75, 3.05) is 19.7 Å². The number of amides is 1. The molecule has 2 aliphatic heterocycles. The van der Waals surface area contributed by atoms with Crippen molar-refractivity contribution in [1.82, 2.24) is 4.90 Å². The van der Waals surface area contributed by atoms with E-state index in [1.54, 1.807) is 11.8 Å². The van der Waals surface area contributed by atoms with Crippen molar-refractivity contribution in [2.24, 2.45) is 0 Å². The fraction of sp³-hybridized carbons (Fsp3) is 0.345. The van der Waals surface area contributed by atoms with E-state index >= 15 is 0 Å². The van der Waals surface area contributed by atoms with Crippen LogP contribution in [-0.2, 0) is 11.9 Å². The highest BCUT2D eigenvalue weighted by atomic mass is 32.2. The van der Waals surface area contributed by atoms with Crippen LogP contribution in [0.1, 0.15) is 53.5 Å². The van der Waals surface area contributed by atoms with Gasteiger partial charge in [0, 0.05) is 35.7 Å². The molecule has 0 saturated carbocycles. The number of carbonyl (C=O) groups is 1. The van der Waals surface area contributed by atoms with Gasteiger partial charge in [0.1, 0.15) is 23.7 Å². The number of halogens is 3. The zero-order valence-corrected chi connectivity index (χ0v) is 21.4. The molecule has 1 atom stereocenters. The van der Waals surface area contributed by atoms with Gasteiger partial charge in [-0.2, -0.15) is 13.2 Å². The molecule has 5 nitrogen and oxygen atoms in total. The number of benzene rings is 3. The Morgan fingerprint density at radius 2 is 1.76 bits per heavy atom. The fourth-order valence-corrected chi connectivity index (χ4v) is 5.85. The number of hydrogen-bond acceptors (Lipinski definition) is 5. The number of alkyl halides is 3.